The third-order valence-electron chi connectivity index (χ3n) is 3.74. The van der Waals surface area contributed by atoms with Crippen molar-refractivity contribution in [2.24, 2.45) is 5.73 Å². The maximum absolute atomic E-state index is 12.6. The molecule has 2 rings (SSSR count). The summed E-state index contributed by atoms with van der Waals surface area (Å²) in [6.07, 6.45) is 0.475. The Balaban J connectivity index is 2.11. The smallest absolute Gasteiger partial charge is 0.326 e. The van der Waals surface area contributed by atoms with Gasteiger partial charge in [-0.3, -0.25) is 4.79 Å². The van der Waals surface area contributed by atoms with Crippen LogP contribution in [0.15, 0.2) is 18.2 Å². The standard InChI is InChI=1S/C17H18Cl2N4O4S/c1-8-13(28-15(22-8)10-5-4-9(18)7-11(10)19)14(24)23-12(16(25)26)3-2-6-21-17(20)27/h4-5,7,12H,2-3,6H2,1H3,(H,23,24)(H,25,26)(H3,20,21,27). The molecule has 1 unspecified atom stereocenters. The van der Waals surface area contributed by atoms with Gasteiger partial charge >= 0.3 is 12.0 Å². The molecule has 0 saturated heterocycles. The summed E-state index contributed by atoms with van der Waals surface area (Å²) in [6, 6.07) is 3.15. The molecule has 0 aliphatic carbocycles. The van der Waals surface area contributed by atoms with Gasteiger partial charge in [-0.05, 0) is 38.0 Å². The highest BCUT2D eigenvalue weighted by Crippen LogP contribution is 2.34. The molecule has 0 aliphatic rings. The summed E-state index contributed by atoms with van der Waals surface area (Å²) in [6.45, 7) is 1.87. The Labute approximate surface area is 175 Å². The van der Waals surface area contributed by atoms with Gasteiger partial charge in [0.05, 0.1) is 10.7 Å². The summed E-state index contributed by atoms with van der Waals surface area (Å²) in [5, 5.41) is 15.6. The summed E-state index contributed by atoms with van der Waals surface area (Å²) in [5.41, 5.74) is 6.04. The molecule has 5 N–H and O–H groups in total. The number of aryl methyl sites for hydroxylation is 1. The molecule has 0 aliphatic heterocycles. The number of carbonyl (C=O) groups is 3. The van der Waals surface area contributed by atoms with Crippen molar-refractivity contribution < 1.29 is 19.5 Å². The quantitative estimate of drug-likeness (QED) is 0.464. The van der Waals surface area contributed by atoms with E-state index in [4.69, 9.17) is 28.9 Å². The van der Waals surface area contributed by atoms with Crippen LogP contribution in [0.2, 0.25) is 10.0 Å². The lowest BCUT2D eigenvalue weighted by atomic mass is 10.1. The van der Waals surface area contributed by atoms with Gasteiger partial charge in [-0.15, -0.1) is 11.3 Å². The van der Waals surface area contributed by atoms with E-state index < -0.39 is 23.9 Å². The number of benzene rings is 1. The summed E-state index contributed by atoms with van der Waals surface area (Å²) in [5.74, 6) is -1.71. The first-order valence-corrected chi connectivity index (χ1v) is 9.76. The summed E-state index contributed by atoms with van der Waals surface area (Å²) in [4.78, 5) is 39.3. The fourth-order valence-corrected chi connectivity index (χ4v) is 3.95. The van der Waals surface area contributed by atoms with Crippen molar-refractivity contribution in [1.29, 1.82) is 0 Å². The molecule has 1 atom stereocenters. The molecule has 0 radical (unpaired) electrons. The molecule has 2 aromatic rings. The SMILES string of the molecule is Cc1nc(-c2ccc(Cl)cc2Cl)sc1C(=O)NC(CCCNC(N)=O)C(=O)O. The number of nitrogens with two attached hydrogens (primary N) is 1. The van der Waals surface area contributed by atoms with Crippen molar-refractivity contribution in [2.75, 3.05) is 6.54 Å². The molecule has 11 heteroatoms. The van der Waals surface area contributed by atoms with Gasteiger partial charge in [0.15, 0.2) is 0 Å². The average Bonchev–Trinajstić information content (AvgIpc) is 2.98. The Morgan fingerprint density at radius 1 is 1.32 bits per heavy atom. The van der Waals surface area contributed by atoms with Crippen LogP contribution in [-0.4, -0.2) is 40.6 Å². The van der Waals surface area contributed by atoms with Gasteiger partial charge in [0.1, 0.15) is 15.9 Å². The zero-order chi connectivity index (χ0) is 20.8. The highest BCUT2D eigenvalue weighted by Gasteiger charge is 2.24. The van der Waals surface area contributed by atoms with Crippen LogP contribution in [0.4, 0.5) is 4.79 Å². The number of carbonyl (C=O) groups excluding carboxylic acids is 2. The van der Waals surface area contributed by atoms with E-state index in [1.807, 2.05) is 0 Å². The average molecular weight is 445 g/mol. The molecule has 3 amide bonds. The minimum absolute atomic E-state index is 0.134. The molecule has 0 bridgehead atoms. The van der Waals surface area contributed by atoms with E-state index in [-0.39, 0.29) is 13.0 Å². The first-order valence-electron chi connectivity index (χ1n) is 8.19. The van der Waals surface area contributed by atoms with E-state index in [1.165, 1.54) is 0 Å². The second-order valence-corrected chi connectivity index (χ2v) is 7.70. The van der Waals surface area contributed by atoms with Gasteiger partial charge in [-0.25, -0.2) is 14.6 Å². The number of rotatable bonds is 8. The highest BCUT2D eigenvalue weighted by atomic mass is 35.5. The predicted molar refractivity (Wildman–Crippen MR) is 108 cm³/mol. The summed E-state index contributed by atoms with van der Waals surface area (Å²) < 4.78 is 0. The van der Waals surface area contributed by atoms with Crippen molar-refractivity contribution in [3.8, 4) is 10.6 Å². The summed E-state index contributed by atoms with van der Waals surface area (Å²) in [7, 11) is 0. The van der Waals surface area contributed by atoms with Crippen LogP contribution in [0.3, 0.4) is 0 Å². The van der Waals surface area contributed by atoms with Gasteiger partial charge in [-0.1, -0.05) is 23.2 Å². The molecule has 0 saturated carbocycles. The number of hydrogen-bond acceptors (Lipinski definition) is 5. The number of urea groups is 1. The predicted octanol–water partition coefficient (Wildman–Crippen LogP) is 3.06. The second-order valence-electron chi connectivity index (χ2n) is 5.86. The largest absolute Gasteiger partial charge is 0.480 e. The van der Waals surface area contributed by atoms with Gasteiger partial charge in [0, 0.05) is 17.1 Å². The van der Waals surface area contributed by atoms with Gasteiger partial charge in [-0.2, -0.15) is 0 Å². The van der Waals surface area contributed by atoms with Crippen LogP contribution >= 0.6 is 34.5 Å². The van der Waals surface area contributed by atoms with Crippen molar-refractivity contribution in [3.63, 3.8) is 0 Å². The number of carboxylic acid groups (broad SMARTS) is 1. The van der Waals surface area contributed by atoms with Crippen LogP contribution in [0.25, 0.3) is 10.6 Å². The van der Waals surface area contributed by atoms with Gasteiger partial charge in [0.25, 0.3) is 5.91 Å². The molecule has 1 heterocycles. The van der Waals surface area contributed by atoms with E-state index in [0.717, 1.165) is 11.3 Å². The van der Waals surface area contributed by atoms with Gasteiger partial charge in [0.2, 0.25) is 0 Å². The van der Waals surface area contributed by atoms with E-state index >= 15 is 0 Å². The van der Waals surface area contributed by atoms with Crippen LogP contribution in [-0.2, 0) is 4.79 Å². The lowest BCUT2D eigenvalue weighted by molar-refractivity contribution is -0.139. The van der Waals surface area contributed by atoms with Crippen LogP contribution in [0.5, 0.6) is 0 Å². The number of nitrogens with zero attached hydrogens (tertiary/aromatic N) is 1. The molecule has 1 aromatic carbocycles. The van der Waals surface area contributed by atoms with Crippen molar-refractivity contribution in [3.05, 3.63) is 38.8 Å². The Bertz CT molecular complexity index is 903. The number of primary amides is 1. The van der Waals surface area contributed by atoms with Crippen molar-refractivity contribution in [2.45, 2.75) is 25.8 Å². The lowest BCUT2D eigenvalue weighted by Gasteiger charge is -2.14. The number of thiazole rings is 1. The zero-order valence-corrected chi connectivity index (χ0v) is 17.1. The molecule has 28 heavy (non-hydrogen) atoms. The highest BCUT2D eigenvalue weighted by molar-refractivity contribution is 7.17. The van der Waals surface area contributed by atoms with Gasteiger partial charge < -0.3 is 21.5 Å². The molecule has 150 valence electrons. The molecule has 0 fully saturated rings. The third-order valence-corrected chi connectivity index (χ3v) is 5.47. The Kier molecular flexibility index (Phi) is 7.61. The maximum atomic E-state index is 12.6. The molecular weight excluding hydrogens is 427 g/mol. The first-order chi connectivity index (χ1) is 13.2. The fourth-order valence-electron chi connectivity index (χ4n) is 2.38. The maximum Gasteiger partial charge on any atom is 0.326 e. The molecule has 1 aromatic heterocycles. The Hall–Kier alpha value is -2.36. The number of nitrogens with one attached hydrogen (secondary N) is 2. The van der Waals surface area contributed by atoms with Crippen LogP contribution in [0.1, 0.15) is 28.2 Å². The third kappa shape index (κ3) is 5.82. The number of aliphatic carboxylic acids is 1. The number of aromatic nitrogens is 1. The minimum atomic E-state index is -1.17. The van der Waals surface area contributed by atoms with Crippen molar-refractivity contribution in [1.82, 2.24) is 15.6 Å². The van der Waals surface area contributed by atoms with E-state index in [0.29, 0.717) is 37.6 Å². The normalized spacial score (nSPS) is 11.7. The summed E-state index contributed by atoms with van der Waals surface area (Å²) >= 11 is 13.2. The molecular formula is C17H18Cl2N4O4S. The lowest BCUT2D eigenvalue weighted by Crippen LogP contribution is -2.41. The Morgan fingerprint density at radius 2 is 2.04 bits per heavy atom. The fraction of sp³-hybridized carbons (Fsp3) is 0.294. The van der Waals surface area contributed by atoms with Crippen LogP contribution in [0, 0.1) is 6.92 Å². The first kappa shape index (κ1) is 21.9. The van der Waals surface area contributed by atoms with E-state index in [2.05, 4.69) is 15.6 Å². The number of halogens is 2. The second kappa shape index (κ2) is 9.72. The molecule has 8 nitrogen and oxygen atoms in total. The Morgan fingerprint density at radius 3 is 2.64 bits per heavy atom. The minimum Gasteiger partial charge on any atom is -0.480 e. The molecule has 0 spiro atoms. The van der Waals surface area contributed by atoms with Crippen molar-refractivity contribution >= 4 is 52.4 Å². The van der Waals surface area contributed by atoms with E-state index in [1.54, 1.807) is 25.1 Å². The zero-order valence-electron chi connectivity index (χ0n) is 14.8. The van der Waals surface area contributed by atoms with E-state index in [9.17, 15) is 19.5 Å². The topological polar surface area (TPSA) is 134 Å². The number of carboxylic acids is 1. The monoisotopic (exact) mass is 444 g/mol. The number of amides is 3. The van der Waals surface area contributed by atoms with Crippen LogP contribution < -0.4 is 16.4 Å². The number of hydrogen-bond donors (Lipinski definition) is 4.